The van der Waals surface area contributed by atoms with Crippen molar-refractivity contribution in [2.45, 2.75) is 31.7 Å². The monoisotopic (exact) mass is 1290 g/mol. The smallest absolute Gasteiger partial charge is 0.296 e. The van der Waals surface area contributed by atoms with Crippen molar-refractivity contribution in [1.29, 1.82) is 0 Å². The third-order valence-corrected chi connectivity index (χ3v) is 15.4. The lowest BCUT2D eigenvalue weighted by molar-refractivity contribution is 0.0748. The fraction of sp³-hybridized carbons (Fsp3) is 0.509. The number of ether oxygens (including phenoxy) is 2. The number of nitrogens with two attached hydrogens (primary N) is 1. The van der Waals surface area contributed by atoms with Gasteiger partial charge in [-0.05, 0) is 67.9 Å². The minimum absolute atomic E-state index is 0.00142. The molecule has 14 heterocycles. The van der Waals surface area contributed by atoms with Crippen LogP contribution in [0.1, 0.15) is 109 Å². The van der Waals surface area contributed by atoms with E-state index < -0.39 is 121 Å². The number of pyridine rings is 4. The first-order valence-corrected chi connectivity index (χ1v) is 30.1. The van der Waals surface area contributed by atoms with E-state index in [2.05, 4.69) is 42.5 Å². The summed E-state index contributed by atoms with van der Waals surface area (Å²) in [6.07, 6.45) is 2.23. The fourth-order valence-electron chi connectivity index (χ4n) is 10.2. The quantitative estimate of drug-likeness (QED) is 0.0654. The van der Waals surface area contributed by atoms with Crippen molar-refractivity contribution in [2.75, 3.05) is 157 Å². The standard InChI is InChI=1S/C57H79N17O18/c58-13-3-1-2-4-37-36-70-27-20-65-53(82)44-11-7-40(56(85)73(44)89)48(77)60-15-22-68(25-19-64-52(81)45-12-8-41(49(78)66-37)57(86)74(45)90)29-33-91-32-28-67-21-14-59-46(75)38-5-10-43(72(88)54(38)83)51(80)63-18-26-69(30-34-92-35-31-70)23-16-61-47(76)39-6-9-42(71(87)55(39)84)50(79)62-17-24-67/h5-12,37,87-90H,1-4,13-36,58H2,(H,59,75)(H,60,77)(H,61,76)(H,62,79)(H,63,80)(H,64,81)(H,65,82)(H,66,78). The van der Waals surface area contributed by atoms with Crippen molar-refractivity contribution >= 4 is 47.3 Å². The third-order valence-electron chi connectivity index (χ3n) is 15.4. The highest BCUT2D eigenvalue weighted by atomic mass is 16.5. The maximum Gasteiger partial charge on any atom is 0.296 e. The van der Waals surface area contributed by atoms with Crippen molar-refractivity contribution in [3.63, 3.8) is 0 Å². The molecule has 92 heavy (non-hydrogen) atoms. The highest BCUT2D eigenvalue weighted by Gasteiger charge is 2.27. The van der Waals surface area contributed by atoms with Crippen LogP contribution in [-0.2, 0) is 9.47 Å². The van der Waals surface area contributed by atoms with Crippen LogP contribution in [0.5, 0.6) is 0 Å². The zero-order chi connectivity index (χ0) is 66.3. The zero-order valence-corrected chi connectivity index (χ0v) is 50.7. The number of hydrogen-bond donors (Lipinski definition) is 13. The molecule has 14 N–H and O–H groups in total. The molecule has 0 saturated heterocycles. The number of fused-ring (bicyclic) bond motifs is 8. The van der Waals surface area contributed by atoms with Gasteiger partial charge in [0, 0.05) is 130 Å². The highest BCUT2D eigenvalue weighted by molar-refractivity contribution is 5.99. The molecule has 14 rings (SSSR count). The second-order valence-corrected chi connectivity index (χ2v) is 21.6. The van der Waals surface area contributed by atoms with E-state index >= 15 is 0 Å². The minimum Gasteiger partial charge on any atom is -0.425 e. The van der Waals surface area contributed by atoms with Gasteiger partial charge in [-0.2, -0.15) is 0 Å². The molecule has 5 atom stereocenters. The predicted octanol–water partition coefficient (Wildman–Crippen LogP) is -5.61. The molecular weight excluding hydrogens is 1210 g/mol. The number of carbonyl (C=O) groups is 8. The van der Waals surface area contributed by atoms with Crippen LogP contribution in [0.25, 0.3) is 0 Å². The molecule has 4 aromatic heterocycles. The van der Waals surface area contributed by atoms with E-state index in [4.69, 9.17) is 15.2 Å². The van der Waals surface area contributed by atoms with Gasteiger partial charge in [-0.1, -0.05) is 12.8 Å². The van der Waals surface area contributed by atoms with Crippen LogP contribution in [-0.4, -0.2) is 270 Å². The number of unbranched alkanes of at least 4 members (excludes halogenated alkanes) is 2. The summed E-state index contributed by atoms with van der Waals surface area (Å²) in [4.78, 5) is 169. The Labute approximate surface area is 525 Å². The molecule has 0 aromatic carbocycles. The van der Waals surface area contributed by atoms with Crippen molar-refractivity contribution in [3.05, 3.63) is 135 Å². The van der Waals surface area contributed by atoms with E-state index in [0.29, 0.717) is 32.2 Å². The number of amides is 8. The van der Waals surface area contributed by atoms with Crippen LogP contribution in [0.2, 0.25) is 0 Å². The van der Waals surface area contributed by atoms with Crippen LogP contribution in [0, 0.1) is 0 Å². The van der Waals surface area contributed by atoms with Crippen LogP contribution >= 0.6 is 0 Å². The average molecular weight is 1290 g/mol. The van der Waals surface area contributed by atoms with Gasteiger partial charge in [0.25, 0.3) is 69.5 Å². The molecule has 4 aromatic rings. The number of nitrogens with one attached hydrogen (secondary N) is 8. The van der Waals surface area contributed by atoms with Gasteiger partial charge in [0.05, 0.1) is 26.4 Å². The maximum absolute atomic E-state index is 14.0. The molecule has 10 aliphatic rings. The lowest BCUT2D eigenvalue weighted by Crippen LogP contribution is -2.48. The molecule has 8 amide bonds. The van der Waals surface area contributed by atoms with Gasteiger partial charge in [0.15, 0.2) is 0 Å². The first-order valence-electron chi connectivity index (χ1n) is 30.1. The van der Waals surface area contributed by atoms with Gasteiger partial charge in [-0.3, -0.25) is 77.1 Å². The largest absolute Gasteiger partial charge is 0.425 e. The number of rotatable bonds is 5. The summed E-state index contributed by atoms with van der Waals surface area (Å²) < 4.78 is 12.4. The number of aromatic nitrogens is 4. The molecule has 0 aliphatic carbocycles. The summed E-state index contributed by atoms with van der Waals surface area (Å²) >= 11 is 0. The normalized spacial score (nSPS) is 21.8. The Morgan fingerprint density at radius 3 is 0.924 bits per heavy atom. The summed E-state index contributed by atoms with van der Waals surface area (Å²) in [5.74, 6) is -7.07. The van der Waals surface area contributed by atoms with E-state index in [0.717, 1.165) is 48.5 Å². The Morgan fingerprint density at radius 1 is 0.348 bits per heavy atom. The molecule has 0 radical (unpaired) electrons. The summed E-state index contributed by atoms with van der Waals surface area (Å²) in [6.45, 7) is 0.580. The number of hydrogen-bond acceptors (Lipinski definition) is 23. The van der Waals surface area contributed by atoms with E-state index in [9.17, 15) is 78.4 Å². The van der Waals surface area contributed by atoms with E-state index in [1.54, 1.807) is 14.7 Å². The topological polar surface area (TPSA) is 459 Å². The Bertz CT molecular complexity index is 3550. The Balaban J connectivity index is 1.24. The molecular formula is C57H79N17O18. The second-order valence-electron chi connectivity index (χ2n) is 21.6. The van der Waals surface area contributed by atoms with Crippen LogP contribution in [0.3, 0.4) is 0 Å². The second kappa shape index (κ2) is 34.6. The van der Waals surface area contributed by atoms with Crippen molar-refractivity contribution in [2.24, 2.45) is 5.73 Å². The Morgan fingerprint density at radius 2 is 0.620 bits per heavy atom. The molecule has 35 nitrogen and oxygen atoms in total. The van der Waals surface area contributed by atoms with E-state index in [-0.39, 0.29) is 170 Å². The minimum atomic E-state index is -1.19. The molecule has 5 unspecified atom stereocenters. The predicted molar refractivity (Wildman–Crippen MR) is 324 cm³/mol. The van der Waals surface area contributed by atoms with E-state index in [1.165, 1.54) is 0 Å². The first-order chi connectivity index (χ1) is 44.3. The molecule has 0 fully saturated rings. The van der Waals surface area contributed by atoms with Gasteiger partial charge in [0.1, 0.15) is 45.0 Å². The first kappa shape index (κ1) is 69.9. The summed E-state index contributed by atoms with van der Waals surface area (Å²) in [5.41, 5.74) is -2.88. The van der Waals surface area contributed by atoms with Gasteiger partial charge in [0.2, 0.25) is 0 Å². The molecule has 10 aliphatic heterocycles. The van der Waals surface area contributed by atoms with Gasteiger partial charge in [-0.15, -0.1) is 18.9 Å². The van der Waals surface area contributed by atoms with Crippen LogP contribution in [0.4, 0.5) is 0 Å². The highest BCUT2D eigenvalue weighted by Crippen LogP contribution is 2.10. The van der Waals surface area contributed by atoms with Crippen molar-refractivity contribution < 1.29 is 68.7 Å². The Kier molecular flexibility index (Phi) is 26.3. The number of nitrogens with zero attached hydrogens (tertiary/aromatic N) is 8. The average Bonchev–Trinajstić information content (AvgIpc) is 0.948. The summed E-state index contributed by atoms with van der Waals surface area (Å²) in [5, 5.41) is 65.0. The lowest BCUT2D eigenvalue weighted by atomic mass is 10.1. The SMILES string of the molecule is NCCCCCC1CN2CCNC(=O)c3ccc(c(=O)n3O)C(=O)NCCN(CCNC(=O)c3ccc(c(=O)n3O)C(=O)N1)CCOCCN1CCNC(=O)c3ccc(n(O)c3=O)C(=O)NCCN(CCNC(=O)c3ccc(n(O)c3=O)C(=O)NCC1)CCOCC2. The third kappa shape index (κ3) is 19.3. The molecule has 0 saturated carbocycles. The zero-order valence-electron chi connectivity index (χ0n) is 50.7. The van der Waals surface area contributed by atoms with Crippen molar-refractivity contribution in [3.8, 4) is 0 Å². The Hall–Kier alpha value is -9.52. The van der Waals surface area contributed by atoms with Crippen LogP contribution in [0.15, 0.2) is 67.7 Å². The lowest BCUT2D eigenvalue weighted by Gasteiger charge is -2.29. The molecule has 500 valence electrons. The molecule has 0 spiro atoms. The maximum atomic E-state index is 14.0. The van der Waals surface area contributed by atoms with E-state index in [1.807, 2.05) is 4.90 Å². The van der Waals surface area contributed by atoms with Crippen molar-refractivity contribution in [1.82, 2.24) is 81.1 Å². The van der Waals surface area contributed by atoms with Crippen LogP contribution < -0.4 is 70.5 Å². The molecule has 12 bridgehead atoms. The van der Waals surface area contributed by atoms with Gasteiger partial charge in [-0.25, -0.2) is 0 Å². The summed E-state index contributed by atoms with van der Waals surface area (Å²) in [7, 11) is 0. The van der Waals surface area contributed by atoms with Gasteiger partial charge < -0.3 is 78.6 Å². The summed E-state index contributed by atoms with van der Waals surface area (Å²) in [6, 6.07) is 8.11. The fourth-order valence-corrected chi connectivity index (χ4v) is 10.2. The molecule has 35 heteroatoms. The van der Waals surface area contributed by atoms with Gasteiger partial charge >= 0.3 is 0 Å². The number of carbonyl (C=O) groups excluding carboxylic acids is 8.